The zero-order valence-electron chi connectivity index (χ0n) is 12.1. The number of aldehydes is 1. The van der Waals surface area contributed by atoms with Crippen LogP contribution in [0.2, 0.25) is 0 Å². The number of rotatable bonds is 5. The van der Waals surface area contributed by atoms with E-state index >= 15 is 0 Å². The summed E-state index contributed by atoms with van der Waals surface area (Å²) in [6.07, 6.45) is 0.737. The predicted molar refractivity (Wildman–Crippen MR) is 80.2 cm³/mol. The average Bonchev–Trinajstić information content (AvgIpc) is 2.42. The molecule has 1 aromatic carbocycles. The van der Waals surface area contributed by atoms with Gasteiger partial charge in [0.15, 0.2) is 6.29 Å². The van der Waals surface area contributed by atoms with Crippen LogP contribution in [0.15, 0.2) is 37.4 Å². The van der Waals surface area contributed by atoms with Gasteiger partial charge in [0.1, 0.15) is 6.29 Å². The lowest BCUT2D eigenvalue weighted by Gasteiger charge is -2.09. The largest absolute Gasteiger partial charge is 0.399 e. The van der Waals surface area contributed by atoms with Gasteiger partial charge in [-0.1, -0.05) is 12.1 Å². The molecule has 4 nitrogen and oxygen atoms in total. The molecule has 0 heterocycles. The van der Waals surface area contributed by atoms with Gasteiger partial charge in [-0.25, -0.2) is 0 Å². The monoisotopic (exact) mass is 267 g/mol. The molecule has 108 valence electrons. The highest BCUT2D eigenvalue weighted by Crippen LogP contribution is 2.02. The van der Waals surface area contributed by atoms with E-state index < -0.39 is 0 Å². The number of anilines is 1. The van der Waals surface area contributed by atoms with Crippen LogP contribution in [0.4, 0.5) is 5.69 Å². The molecule has 0 spiro atoms. The van der Waals surface area contributed by atoms with Crippen molar-refractivity contribution >= 4 is 12.0 Å². The normalized spacial score (nSPS) is 8.84. The van der Waals surface area contributed by atoms with Crippen LogP contribution in [0.3, 0.4) is 0 Å². The van der Waals surface area contributed by atoms with E-state index in [9.17, 15) is 4.79 Å². The average molecular weight is 267 g/mol. The van der Waals surface area contributed by atoms with Crippen molar-refractivity contribution in [3.05, 3.63) is 43.0 Å². The fraction of sp³-hybridized carbons (Fsp3) is 0.400. The van der Waals surface area contributed by atoms with E-state index in [2.05, 4.69) is 13.2 Å². The van der Waals surface area contributed by atoms with Crippen molar-refractivity contribution < 1.29 is 14.3 Å². The van der Waals surface area contributed by atoms with Crippen LogP contribution in [0.25, 0.3) is 0 Å². The second-order valence-corrected chi connectivity index (χ2v) is 3.27. The number of ether oxygens (including phenoxy) is 2. The third-order valence-corrected chi connectivity index (χ3v) is 1.85. The molecule has 1 aromatic rings. The van der Waals surface area contributed by atoms with Gasteiger partial charge in [0.2, 0.25) is 0 Å². The van der Waals surface area contributed by atoms with Crippen LogP contribution in [0.1, 0.15) is 31.1 Å². The molecule has 19 heavy (non-hydrogen) atoms. The summed E-state index contributed by atoms with van der Waals surface area (Å²) in [5.41, 5.74) is 6.62. The lowest BCUT2D eigenvalue weighted by Crippen LogP contribution is -2.11. The summed E-state index contributed by atoms with van der Waals surface area (Å²) in [6, 6.07) is 6.84. The van der Waals surface area contributed by atoms with E-state index in [1.165, 1.54) is 0 Å². The van der Waals surface area contributed by atoms with E-state index in [1.54, 1.807) is 24.3 Å². The fourth-order valence-corrected chi connectivity index (χ4v) is 1.15. The first kappa shape index (κ1) is 19.7. The third-order valence-electron chi connectivity index (χ3n) is 1.85. The predicted octanol–water partition coefficient (Wildman–Crippen LogP) is 3.29. The number of carbonyl (C=O) groups excluding carboxylic acids is 1. The molecule has 4 heteroatoms. The van der Waals surface area contributed by atoms with Crippen LogP contribution in [0, 0.1) is 0 Å². The van der Waals surface area contributed by atoms with Gasteiger partial charge in [0.05, 0.1) is 0 Å². The van der Waals surface area contributed by atoms with Gasteiger partial charge in [-0.2, -0.15) is 0 Å². The third kappa shape index (κ3) is 12.6. The summed E-state index contributed by atoms with van der Waals surface area (Å²) in [7, 11) is 0. The van der Waals surface area contributed by atoms with E-state index in [-0.39, 0.29) is 6.29 Å². The number of benzene rings is 1. The Balaban J connectivity index is 0. The van der Waals surface area contributed by atoms with Crippen LogP contribution in [-0.2, 0) is 9.47 Å². The van der Waals surface area contributed by atoms with Crippen molar-refractivity contribution in [3.63, 3.8) is 0 Å². The van der Waals surface area contributed by atoms with Gasteiger partial charge >= 0.3 is 0 Å². The second-order valence-electron chi connectivity index (χ2n) is 3.27. The van der Waals surface area contributed by atoms with Gasteiger partial charge < -0.3 is 15.2 Å². The van der Waals surface area contributed by atoms with Crippen LogP contribution >= 0.6 is 0 Å². The van der Waals surface area contributed by atoms with Crippen molar-refractivity contribution in [2.75, 3.05) is 18.9 Å². The van der Waals surface area contributed by atoms with Gasteiger partial charge in [-0.15, -0.1) is 13.2 Å². The number of nitrogen functional groups attached to an aromatic ring is 1. The number of nitrogens with two attached hydrogens (primary N) is 1. The van der Waals surface area contributed by atoms with Crippen molar-refractivity contribution in [3.8, 4) is 0 Å². The number of hydrogen-bond acceptors (Lipinski definition) is 4. The molecule has 0 radical (unpaired) electrons. The Hall–Kier alpha value is -1.65. The topological polar surface area (TPSA) is 61.6 Å². The smallest absolute Gasteiger partial charge is 0.154 e. The molecule has 0 atom stereocenters. The molecule has 0 aromatic heterocycles. The highest BCUT2D eigenvalue weighted by molar-refractivity contribution is 5.76. The van der Waals surface area contributed by atoms with Crippen LogP contribution < -0.4 is 5.73 Å². The quantitative estimate of drug-likeness (QED) is 0.385. The van der Waals surface area contributed by atoms with Crippen LogP contribution in [-0.4, -0.2) is 25.8 Å². The molecular weight excluding hydrogens is 242 g/mol. The van der Waals surface area contributed by atoms with Gasteiger partial charge in [-0.3, -0.25) is 4.79 Å². The zero-order valence-corrected chi connectivity index (χ0v) is 12.1. The minimum atomic E-state index is -0.0370. The Labute approximate surface area is 116 Å². The van der Waals surface area contributed by atoms with Gasteiger partial charge in [0.25, 0.3) is 0 Å². The standard InChI is InChI=1S/C7H7NO.C6H14O2.C2H4/c8-7-3-1-2-6(4-7)5-9;1-4-7-6(3)8-5-2;1-2/h1-5H,8H2;6H,4-5H2,1-3H3;1-2H2. The first-order valence-corrected chi connectivity index (χ1v) is 6.17. The minimum absolute atomic E-state index is 0.0370. The number of carbonyl (C=O) groups is 1. The lowest BCUT2D eigenvalue weighted by atomic mass is 10.2. The molecule has 0 saturated heterocycles. The van der Waals surface area contributed by atoms with Crippen molar-refractivity contribution in [1.82, 2.24) is 0 Å². The molecule has 1 rings (SSSR count). The van der Waals surface area contributed by atoms with Gasteiger partial charge in [-0.05, 0) is 32.9 Å². The highest BCUT2D eigenvalue weighted by atomic mass is 16.7. The first-order valence-electron chi connectivity index (χ1n) is 6.17. The van der Waals surface area contributed by atoms with Crippen molar-refractivity contribution in [2.24, 2.45) is 0 Å². The molecule has 0 bridgehead atoms. The maximum Gasteiger partial charge on any atom is 0.154 e. The summed E-state index contributed by atoms with van der Waals surface area (Å²) < 4.78 is 10.1. The summed E-state index contributed by atoms with van der Waals surface area (Å²) >= 11 is 0. The number of hydrogen-bond donors (Lipinski definition) is 1. The second kappa shape index (κ2) is 14.4. The summed E-state index contributed by atoms with van der Waals surface area (Å²) in [4.78, 5) is 10.1. The lowest BCUT2D eigenvalue weighted by molar-refractivity contribution is -0.123. The Morgan fingerprint density at radius 2 is 1.79 bits per heavy atom. The molecule has 0 amide bonds. The molecule has 0 saturated carbocycles. The summed E-state index contributed by atoms with van der Waals surface area (Å²) in [6.45, 7) is 13.3. The van der Waals surface area contributed by atoms with Gasteiger partial charge in [0, 0.05) is 24.5 Å². The zero-order chi connectivity index (χ0) is 15.1. The maximum absolute atomic E-state index is 10.1. The van der Waals surface area contributed by atoms with Crippen LogP contribution in [0.5, 0.6) is 0 Å². The van der Waals surface area contributed by atoms with E-state index in [1.807, 2.05) is 20.8 Å². The molecule has 0 aliphatic carbocycles. The minimum Gasteiger partial charge on any atom is -0.399 e. The Morgan fingerprint density at radius 1 is 1.26 bits per heavy atom. The maximum atomic E-state index is 10.1. The van der Waals surface area contributed by atoms with E-state index in [4.69, 9.17) is 15.2 Å². The molecule has 0 aliphatic heterocycles. The van der Waals surface area contributed by atoms with E-state index in [0.717, 1.165) is 19.5 Å². The fourth-order valence-electron chi connectivity index (χ4n) is 1.15. The molecule has 0 fully saturated rings. The van der Waals surface area contributed by atoms with E-state index in [0.29, 0.717) is 11.3 Å². The highest BCUT2D eigenvalue weighted by Gasteiger charge is 1.94. The summed E-state index contributed by atoms with van der Waals surface area (Å²) in [5.74, 6) is 0. The molecular formula is C15H25NO3. The Morgan fingerprint density at radius 3 is 2.11 bits per heavy atom. The first-order chi connectivity index (χ1) is 9.13. The SMILES string of the molecule is C=C.CCOC(C)OCC.Nc1cccc(C=O)c1. The Kier molecular flexibility index (Phi) is 14.9. The molecule has 2 N–H and O–H groups in total. The summed E-state index contributed by atoms with van der Waals surface area (Å²) in [5, 5.41) is 0. The van der Waals surface area contributed by atoms with Crippen molar-refractivity contribution in [2.45, 2.75) is 27.1 Å². The van der Waals surface area contributed by atoms with Crippen molar-refractivity contribution in [1.29, 1.82) is 0 Å². The Bertz CT molecular complexity index is 323. The molecule has 0 aliphatic rings. The molecule has 0 unspecified atom stereocenters.